The van der Waals surface area contributed by atoms with Gasteiger partial charge in [0, 0.05) is 7.11 Å². The van der Waals surface area contributed by atoms with Crippen molar-refractivity contribution in [2.45, 2.75) is 101 Å². The van der Waals surface area contributed by atoms with Gasteiger partial charge in [0.25, 0.3) is 0 Å². The fourth-order valence-corrected chi connectivity index (χ4v) is 5.36. The summed E-state index contributed by atoms with van der Waals surface area (Å²) in [6, 6.07) is 0. The maximum absolute atomic E-state index is 11.7. The standard InChI is InChI=1S/C30H58O16/c1-18(2)25-28(41-10-7-32)23(35)27(21(44-25)16-40-13-12-39-15-20(34)14-37-5)46-30-29(42-11-8-33)24(36)26(43-19(3)4)22(45-30)17-38-9-6-31/h18-36H,6-17H2,1-5H3. The van der Waals surface area contributed by atoms with Crippen molar-refractivity contribution in [1.29, 1.82) is 0 Å². The van der Waals surface area contributed by atoms with Gasteiger partial charge < -0.3 is 78.0 Å². The highest BCUT2D eigenvalue weighted by Crippen LogP contribution is 2.34. The van der Waals surface area contributed by atoms with Crippen molar-refractivity contribution in [3.8, 4) is 0 Å². The highest BCUT2D eigenvalue weighted by atomic mass is 16.7. The molecule has 11 unspecified atom stereocenters. The van der Waals surface area contributed by atoms with E-state index < -0.39 is 67.3 Å². The van der Waals surface area contributed by atoms with Crippen LogP contribution < -0.4 is 0 Å². The van der Waals surface area contributed by atoms with Gasteiger partial charge in [-0.2, -0.15) is 0 Å². The first-order valence-corrected chi connectivity index (χ1v) is 16.0. The third-order valence-corrected chi connectivity index (χ3v) is 7.33. The van der Waals surface area contributed by atoms with E-state index in [2.05, 4.69) is 0 Å². The van der Waals surface area contributed by atoms with E-state index in [1.807, 2.05) is 13.8 Å². The number of hydrogen-bond donors (Lipinski definition) is 6. The second-order valence-electron chi connectivity index (χ2n) is 11.8. The number of methoxy groups -OCH3 is 1. The van der Waals surface area contributed by atoms with Gasteiger partial charge in [0.2, 0.25) is 0 Å². The van der Waals surface area contributed by atoms with Gasteiger partial charge in [0.15, 0.2) is 6.29 Å². The van der Waals surface area contributed by atoms with Crippen LogP contribution >= 0.6 is 0 Å². The first-order chi connectivity index (χ1) is 22.1. The third-order valence-electron chi connectivity index (χ3n) is 7.33. The lowest BCUT2D eigenvalue weighted by Crippen LogP contribution is -2.66. The number of hydrogen-bond acceptors (Lipinski definition) is 16. The lowest BCUT2D eigenvalue weighted by molar-refractivity contribution is -0.357. The van der Waals surface area contributed by atoms with Crippen LogP contribution in [-0.2, 0) is 47.4 Å². The van der Waals surface area contributed by atoms with Crippen molar-refractivity contribution in [3.63, 3.8) is 0 Å². The fourth-order valence-electron chi connectivity index (χ4n) is 5.36. The van der Waals surface area contributed by atoms with Crippen molar-refractivity contribution in [3.05, 3.63) is 0 Å². The molecule has 2 fully saturated rings. The summed E-state index contributed by atoms with van der Waals surface area (Å²) >= 11 is 0. The summed E-state index contributed by atoms with van der Waals surface area (Å²) in [5, 5.41) is 61.0. The monoisotopic (exact) mass is 674 g/mol. The van der Waals surface area contributed by atoms with Gasteiger partial charge in [0.05, 0.1) is 91.5 Å². The van der Waals surface area contributed by atoms with Crippen molar-refractivity contribution < 1.29 is 78.0 Å². The average Bonchev–Trinajstić information content (AvgIpc) is 3.01. The predicted octanol–water partition coefficient (Wildman–Crippen LogP) is -2.16. The quantitative estimate of drug-likeness (QED) is 0.0602. The summed E-state index contributed by atoms with van der Waals surface area (Å²) in [6.07, 6.45) is -11.3. The SMILES string of the molecule is COCC(O)COCCOCC1OC(C(C)C)C(OCCO)C(O)C1OC1OC(COCCO)C(OC(C)C)C(O)C1OCCO. The Balaban J connectivity index is 2.30. The third kappa shape index (κ3) is 13.3. The number of aliphatic hydroxyl groups excluding tert-OH is 6. The van der Waals surface area contributed by atoms with Crippen LogP contribution in [0, 0.1) is 5.92 Å². The second kappa shape index (κ2) is 22.9. The molecule has 11 atom stereocenters. The molecule has 2 saturated heterocycles. The molecule has 0 aromatic rings. The minimum Gasteiger partial charge on any atom is -0.394 e. The van der Waals surface area contributed by atoms with E-state index >= 15 is 0 Å². The molecule has 2 aliphatic rings. The number of rotatable bonds is 24. The van der Waals surface area contributed by atoms with E-state index in [1.54, 1.807) is 13.8 Å². The van der Waals surface area contributed by atoms with Crippen LogP contribution in [0.25, 0.3) is 0 Å². The summed E-state index contributed by atoms with van der Waals surface area (Å²) in [7, 11) is 1.48. The number of aliphatic hydroxyl groups is 6. The smallest absolute Gasteiger partial charge is 0.187 e. The average molecular weight is 675 g/mol. The van der Waals surface area contributed by atoms with E-state index in [1.165, 1.54) is 7.11 Å². The van der Waals surface area contributed by atoms with Crippen molar-refractivity contribution in [2.24, 2.45) is 5.92 Å². The fraction of sp³-hybridized carbons (Fsp3) is 1.00. The molecule has 46 heavy (non-hydrogen) atoms. The molecule has 2 rings (SSSR count). The van der Waals surface area contributed by atoms with Gasteiger partial charge in [-0.3, -0.25) is 0 Å². The Hall–Kier alpha value is -0.640. The molecule has 2 aliphatic heterocycles. The molecule has 6 N–H and O–H groups in total. The highest BCUT2D eigenvalue weighted by molar-refractivity contribution is 4.98. The minimum absolute atomic E-state index is 0.0266. The van der Waals surface area contributed by atoms with Crippen molar-refractivity contribution in [1.82, 2.24) is 0 Å². The molecule has 0 aliphatic carbocycles. The number of ether oxygens (including phenoxy) is 10. The normalized spacial score (nSPS) is 32.8. The maximum Gasteiger partial charge on any atom is 0.187 e. The maximum atomic E-state index is 11.7. The summed E-state index contributed by atoms with van der Waals surface area (Å²) in [4.78, 5) is 0. The molecule has 2 heterocycles. The second-order valence-corrected chi connectivity index (χ2v) is 11.8. The van der Waals surface area contributed by atoms with Gasteiger partial charge in [-0.25, -0.2) is 0 Å². The molecule has 16 heteroatoms. The van der Waals surface area contributed by atoms with Gasteiger partial charge in [-0.15, -0.1) is 0 Å². The van der Waals surface area contributed by atoms with Gasteiger partial charge >= 0.3 is 0 Å². The van der Waals surface area contributed by atoms with Crippen LogP contribution in [0.15, 0.2) is 0 Å². The Kier molecular flexibility index (Phi) is 20.7. The molecular formula is C30H58O16. The summed E-state index contributed by atoms with van der Waals surface area (Å²) in [5.74, 6) is -0.0946. The summed E-state index contributed by atoms with van der Waals surface area (Å²) in [6.45, 7) is 6.92. The van der Waals surface area contributed by atoms with E-state index in [0.717, 1.165) is 0 Å². The van der Waals surface area contributed by atoms with Crippen molar-refractivity contribution >= 4 is 0 Å². The van der Waals surface area contributed by atoms with Crippen LogP contribution in [-0.4, -0.2) is 190 Å². The Labute approximate surface area is 271 Å². The largest absolute Gasteiger partial charge is 0.394 e. The van der Waals surface area contributed by atoms with Crippen LogP contribution in [0.2, 0.25) is 0 Å². The van der Waals surface area contributed by atoms with Crippen LogP contribution in [0.5, 0.6) is 0 Å². The molecule has 0 aromatic heterocycles. The van der Waals surface area contributed by atoms with Crippen molar-refractivity contribution in [2.75, 3.05) is 86.4 Å². The first kappa shape index (κ1) is 41.5. The zero-order chi connectivity index (χ0) is 34.1. The van der Waals surface area contributed by atoms with Gasteiger partial charge in [-0.05, 0) is 19.8 Å². The Morgan fingerprint density at radius 2 is 1.22 bits per heavy atom. The van der Waals surface area contributed by atoms with Gasteiger partial charge in [-0.1, -0.05) is 13.8 Å². The molecule has 0 spiro atoms. The molecule has 0 bridgehead atoms. The van der Waals surface area contributed by atoms with Crippen LogP contribution in [0.3, 0.4) is 0 Å². The van der Waals surface area contributed by atoms with E-state index in [-0.39, 0.29) is 91.3 Å². The minimum atomic E-state index is -1.29. The topological polar surface area (TPSA) is 214 Å². The van der Waals surface area contributed by atoms with E-state index in [0.29, 0.717) is 0 Å². The molecule has 16 nitrogen and oxygen atoms in total. The molecule has 0 aromatic carbocycles. The molecule has 274 valence electrons. The van der Waals surface area contributed by atoms with E-state index in [9.17, 15) is 30.6 Å². The zero-order valence-corrected chi connectivity index (χ0v) is 27.8. The molecule has 0 amide bonds. The van der Waals surface area contributed by atoms with Crippen LogP contribution in [0.4, 0.5) is 0 Å². The Morgan fingerprint density at radius 1 is 0.652 bits per heavy atom. The lowest BCUT2D eigenvalue weighted by atomic mass is 9.89. The summed E-state index contributed by atoms with van der Waals surface area (Å²) in [5.41, 5.74) is 0. The van der Waals surface area contributed by atoms with Gasteiger partial charge in [0.1, 0.15) is 54.9 Å². The molecule has 0 saturated carbocycles. The zero-order valence-electron chi connectivity index (χ0n) is 27.8. The van der Waals surface area contributed by atoms with E-state index in [4.69, 9.17) is 47.4 Å². The van der Waals surface area contributed by atoms with Crippen LogP contribution in [0.1, 0.15) is 27.7 Å². The first-order valence-electron chi connectivity index (χ1n) is 16.0. The molecule has 0 radical (unpaired) electrons. The predicted molar refractivity (Wildman–Crippen MR) is 160 cm³/mol. The lowest BCUT2D eigenvalue weighted by Gasteiger charge is -2.49. The summed E-state index contributed by atoms with van der Waals surface area (Å²) < 4.78 is 58.3. The Morgan fingerprint density at radius 3 is 1.80 bits per heavy atom. The molecular weight excluding hydrogens is 616 g/mol. The highest BCUT2D eigenvalue weighted by Gasteiger charge is 2.53. The Bertz CT molecular complexity index is 760.